The number of para-hydroxylation sites is 1. The fourth-order valence-corrected chi connectivity index (χ4v) is 4.27. The maximum Gasteiger partial charge on any atom is 0.283 e. The molecule has 4 rings (SSSR count). The van der Waals surface area contributed by atoms with Crippen molar-refractivity contribution in [2.45, 2.75) is 26.8 Å². The van der Waals surface area contributed by atoms with E-state index in [0.717, 1.165) is 38.6 Å². The molecule has 0 atom stereocenters. The molecule has 0 aliphatic heterocycles. The molecule has 0 radical (unpaired) electrons. The van der Waals surface area contributed by atoms with Crippen LogP contribution in [0.1, 0.15) is 16.7 Å². The zero-order valence-electron chi connectivity index (χ0n) is 18.5. The van der Waals surface area contributed by atoms with Gasteiger partial charge in [-0.3, -0.25) is 4.79 Å². The molecule has 33 heavy (non-hydrogen) atoms. The molecule has 4 aromatic rings. The fourth-order valence-electron chi connectivity index (χ4n) is 3.90. The van der Waals surface area contributed by atoms with Crippen molar-refractivity contribution in [1.82, 2.24) is 4.57 Å². The number of benzene rings is 3. The first-order chi connectivity index (χ1) is 15.9. The van der Waals surface area contributed by atoms with Gasteiger partial charge < -0.3 is 15.0 Å². The monoisotopic (exact) mass is 504 g/mol. The Kier molecular flexibility index (Phi) is 6.89. The van der Waals surface area contributed by atoms with Gasteiger partial charge in [-0.2, -0.15) is 0 Å². The van der Waals surface area contributed by atoms with Crippen molar-refractivity contribution in [2.24, 2.45) is 10.2 Å². The molecule has 1 aromatic heterocycles. The third-order valence-corrected chi connectivity index (χ3v) is 6.09. The number of hydrogen-bond donors (Lipinski definition) is 2. The van der Waals surface area contributed by atoms with E-state index in [9.17, 15) is 9.90 Å². The zero-order chi connectivity index (χ0) is 23.4. The van der Waals surface area contributed by atoms with Crippen molar-refractivity contribution in [3.05, 3.63) is 87.9 Å². The third-order valence-electron chi connectivity index (χ3n) is 5.60. The fraction of sp³-hybridized carbons (Fsp3) is 0.192. The number of aromatic hydroxyl groups is 1. The summed E-state index contributed by atoms with van der Waals surface area (Å²) in [5.41, 5.74) is 5.34. The predicted molar refractivity (Wildman–Crippen MR) is 135 cm³/mol. The van der Waals surface area contributed by atoms with Crippen LogP contribution in [0.2, 0.25) is 0 Å². The summed E-state index contributed by atoms with van der Waals surface area (Å²) >= 11 is 3.48. The number of nitrogens with one attached hydrogen (secondary N) is 1. The molecular weight excluding hydrogens is 480 g/mol. The lowest BCUT2D eigenvalue weighted by Gasteiger charge is -2.10. The van der Waals surface area contributed by atoms with Gasteiger partial charge in [-0.25, -0.2) is 0 Å². The van der Waals surface area contributed by atoms with Gasteiger partial charge in [-0.1, -0.05) is 64.5 Å². The van der Waals surface area contributed by atoms with E-state index in [1.807, 2.05) is 73.0 Å². The summed E-state index contributed by atoms with van der Waals surface area (Å²) in [6.07, 6.45) is 0.753. The number of azo groups is 1. The van der Waals surface area contributed by atoms with Gasteiger partial charge in [0.05, 0.1) is 12.1 Å². The second-order valence-electron chi connectivity index (χ2n) is 7.94. The van der Waals surface area contributed by atoms with Crippen LogP contribution in [-0.2, 0) is 17.8 Å². The average molecular weight is 505 g/mol. The van der Waals surface area contributed by atoms with E-state index < -0.39 is 5.91 Å². The lowest BCUT2D eigenvalue weighted by Crippen LogP contribution is -2.12. The summed E-state index contributed by atoms with van der Waals surface area (Å²) in [4.78, 5) is 12.4. The maximum absolute atomic E-state index is 12.4. The molecule has 3 aromatic carbocycles. The molecule has 0 aliphatic carbocycles. The van der Waals surface area contributed by atoms with Crippen LogP contribution in [0.25, 0.3) is 10.9 Å². The molecule has 0 saturated heterocycles. The Morgan fingerprint density at radius 1 is 1.03 bits per heavy atom. The van der Waals surface area contributed by atoms with Crippen LogP contribution >= 0.6 is 15.9 Å². The van der Waals surface area contributed by atoms with Crippen LogP contribution in [0.5, 0.6) is 5.88 Å². The van der Waals surface area contributed by atoms with Crippen molar-refractivity contribution in [3.8, 4) is 5.88 Å². The molecule has 0 saturated carbocycles. The van der Waals surface area contributed by atoms with Gasteiger partial charge in [-0.05, 0) is 55.2 Å². The first kappa shape index (κ1) is 22.7. The number of aryl methyl sites for hydroxylation is 4. The molecule has 0 bridgehead atoms. The maximum atomic E-state index is 12.4. The van der Waals surface area contributed by atoms with Gasteiger partial charge in [0.2, 0.25) is 5.88 Å². The smallest absolute Gasteiger partial charge is 0.283 e. The first-order valence-electron chi connectivity index (χ1n) is 10.7. The lowest BCUT2D eigenvalue weighted by atomic mass is 10.1. The number of fused-ring (bicyclic) bond motifs is 1. The summed E-state index contributed by atoms with van der Waals surface area (Å²) in [7, 11) is 0. The van der Waals surface area contributed by atoms with E-state index >= 15 is 0 Å². The van der Waals surface area contributed by atoms with Crippen LogP contribution in [0, 0.1) is 13.8 Å². The standard InChI is InChI=1S/C26H25BrN4O2/c1-17-7-6-8-18(2)24(17)28-16-23(32)29-30-25-21-15-20(27)11-12-22(21)31(26(25)33)14-13-19-9-4-3-5-10-19/h3-12,15,28,33H,13-14,16H2,1-2H3. The number of aromatic nitrogens is 1. The first-order valence-corrected chi connectivity index (χ1v) is 11.5. The van der Waals surface area contributed by atoms with Crippen molar-refractivity contribution < 1.29 is 9.90 Å². The van der Waals surface area contributed by atoms with Crippen molar-refractivity contribution in [2.75, 3.05) is 11.9 Å². The van der Waals surface area contributed by atoms with Crippen molar-refractivity contribution in [3.63, 3.8) is 0 Å². The van der Waals surface area contributed by atoms with Crippen LogP contribution in [0.4, 0.5) is 11.4 Å². The summed E-state index contributed by atoms with van der Waals surface area (Å²) in [6, 6.07) is 21.8. The van der Waals surface area contributed by atoms with E-state index in [1.165, 1.54) is 5.56 Å². The molecule has 6 nitrogen and oxygen atoms in total. The number of rotatable bonds is 7. The van der Waals surface area contributed by atoms with Gasteiger partial charge in [-0.15, -0.1) is 10.2 Å². The Morgan fingerprint density at radius 2 is 1.76 bits per heavy atom. The second kappa shape index (κ2) is 10.0. The Labute approximate surface area is 201 Å². The van der Waals surface area contributed by atoms with Crippen LogP contribution < -0.4 is 5.32 Å². The van der Waals surface area contributed by atoms with E-state index in [1.54, 1.807) is 0 Å². The van der Waals surface area contributed by atoms with E-state index in [0.29, 0.717) is 12.2 Å². The molecule has 2 N–H and O–H groups in total. The zero-order valence-corrected chi connectivity index (χ0v) is 20.1. The highest BCUT2D eigenvalue weighted by Gasteiger charge is 2.17. The normalized spacial score (nSPS) is 11.4. The number of amides is 1. The molecule has 0 aliphatic rings. The Morgan fingerprint density at radius 3 is 2.48 bits per heavy atom. The topological polar surface area (TPSA) is 79.0 Å². The van der Waals surface area contributed by atoms with Gasteiger partial charge in [0.15, 0.2) is 5.69 Å². The number of carbonyl (C=O) groups is 1. The summed E-state index contributed by atoms with van der Waals surface area (Å²) < 4.78 is 2.66. The average Bonchev–Trinajstić information content (AvgIpc) is 3.06. The molecule has 0 unspecified atom stereocenters. The summed E-state index contributed by atoms with van der Waals surface area (Å²) in [5.74, 6) is -0.421. The predicted octanol–water partition coefficient (Wildman–Crippen LogP) is 6.69. The SMILES string of the molecule is Cc1cccc(C)c1NCC(=O)N=Nc1c(O)n(CCc2ccccc2)c2ccc(Br)cc12. The number of halogens is 1. The van der Waals surface area contributed by atoms with Crippen LogP contribution in [0.3, 0.4) is 0 Å². The van der Waals surface area contributed by atoms with Crippen molar-refractivity contribution in [1.29, 1.82) is 0 Å². The quantitative estimate of drug-likeness (QED) is 0.275. The Hall–Kier alpha value is -3.45. The van der Waals surface area contributed by atoms with Gasteiger partial charge >= 0.3 is 0 Å². The number of carbonyl (C=O) groups excluding carboxylic acids is 1. The molecule has 1 amide bonds. The van der Waals surface area contributed by atoms with Gasteiger partial charge in [0, 0.05) is 22.1 Å². The minimum atomic E-state index is -0.419. The van der Waals surface area contributed by atoms with Gasteiger partial charge in [0.1, 0.15) is 0 Å². The minimum absolute atomic E-state index is 0.00158. The number of anilines is 1. The van der Waals surface area contributed by atoms with Crippen LogP contribution in [-0.4, -0.2) is 22.1 Å². The molecule has 7 heteroatoms. The molecular formula is C26H25BrN4O2. The Balaban J connectivity index is 1.56. The van der Waals surface area contributed by atoms with E-state index in [2.05, 4.69) is 43.6 Å². The van der Waals surface area contributed by atoms with Crippen molar-refractivity contribution >= 4 is 44.1 Å². The number of nitrogens with zero attached hydrogens (tertiary/aromatic N) is 3. The Bertz CT molecular complexity index is 1310. The molecule has 0 fully saturated rings. The van der Waals surface area contributed by atoms with E-state index in [-0.39, 0.29) is 12.4 Å². The molecule has 0 spiro atoms. The summed E-state index contributed by atoms with van der Waals surface area (Å²) in [5, 5.41) is 22.8. The van der Waals surface area contributed by atoms with Gasteiger partial charge in [0.25, 0.3) is 5.91 Å². The lowest BCUT2D eigenvalue weighted by molar-refractivity contribution is -0.116. The highest BCUT2D eigenvalue weighted by atomic mass is 79.9. The largest absolute Gasteiger partial charge is 0.493 e. The molecule has 168 valence electrons. The third kappa shape index (κ3) is 5.14. The highest BCUT2D eigenvalue weighted by Crippen LogP contribution is 2.40. The second-order valence-corrected chi connectivity index (χ2v) is 8.85. The number of hydrogen-bond acceptors (Lipinski definition) is 4. The highest BCUT2D eigenvalue weighted by molar-refractivity contribution is 9.10. The van der Waals surface area contributed by atoms with E-state index in [4.69, 9.17) is 0 Å². The summed E-state index contributed by atoms with van der Waals surface area (Å²) in [6.45, 7) is 4.57. The molecule has 1 heterocycles. The minimum Gasteiger partial charge on any atom is -0.493 e. The van der Waals surface area contributed by atoms with Crippen LogP contribution in [0.15, 0.2) is 81.4 Å².